The second-order valence-corrected chi connectivity index (χ2v) is 16.7. The zero-order valence-corrected chi connectivity index (χ0v) is 35.1. The number of hydrogen-bond donors (Lipinski definition) is 3. The fourth-order valence-corrected chi connectivity index (χ4v) is 8.91. The van der Waals surface area contributed by atoms with Crippen molar-refractivity contribution in [3.63, 3.8) is 0 Å². The van der Waals surface area contributed by atoms with Crippen molar-refractivity contribution in [3.8, 4) is 11.1 Å². The summed E-state index contributed by atoms with van der Waals surface area (Å²) in [6, 6.07) is 20.5. The average Bonchev–Trinajstić information content (AvgIpc) is 3.98. The number of nitrogens with one attached hydrogen (secondary N) is 3. The number of aromatic amines is 1. The zero-order valence-electron chi connectivity index (χ0n) is 35.1. The van der Waals surface area contributed by atoms with Gasteiger partial charge >= 0.3 is 6.18 Å². The van der Waals surface area contributed by atoms with Crippen LogP contribution in [-0.4, -0.2) is 125 Å². The SMILES string of the molecule is CN(CC(F)(F)F)C(=O)c1cc2c(-c3ccc(N4CCN(CCc5ccc(NC6CCC(=O)NC6=O)cc5)CC4)cc3)cc([C@@H]3CCCN(C(=O)CCn4cccn4)C3)c(F)c2[nH]1. The lowest BCUT2D eigenvalue weighted by atomic mass is 9.87. The van der Waals surface area contributed by atoms with Crippen molar-refractivity contribution >= 4 is 45.9 Å². The van der Waals surface area contributed by atoms with Gasteiger partial charge in [-0.3, -0.25) is 34.1 Å². The molecule has 3 fully saturated rings. The molecule has 5 aromatic rings. The maximum atomic E-state index is 16.7. The Morgan fingerprint density at radius 3 is 2.41 bits per heavy atom. The van der Waals surface area contributed by atoms with E-state index in [4.69, 9.17) is 0 Å². The molecule has 17 heteroatoms. The van der Waals surface area contributed by atoms with E-state index in [9.17, 15) is 32.3 Å². The van der Waals surface area contributed by atoms with Crippen molar-refractivity contribution in [2.75, 3.05) is 69.6 Å². The molecule has 0 radical (unpaired) electrons. The average molecular weight is 870 g/mol. The van der Waals surface area contributed by atoms with E-state index in [0.717, 1.165) is 63.1 Å². The summed E-state index contributed by atoms with van der Waals surface area (Å²) in [5.74, 6) is -2.44. The fourth-order valence-electron chi connectivity index (χ4n) is 8.91. The summed E-state index contributed by atoms with van der Waals surface area (Å²) in [5.41, 5.74) is 4.69. The summed E-state index contributed by atoms with van der Waals surface area (Å²) in [5, 5.41) is 10.1. The standard InChI is InChI=1S/C46H51F4N9O4/c1-55(29-46(48,49)50)45(63)39-27-37-35(26-36(42(47)43(37)53-39)32-4-2-18-58(28-32)41(61)16-21-59-19-3-17-51-59)31-7-11-34(12-8-31)57-24-22-56(23-25-57)20-15-30-5-9-33(10-6-30)52-38-13-14-40(60)54-44(38)62/h3,5-12,17,19,26-27,32,38,52-53H,2,4,13-16,18,20-25,28-29H2,1H3,(H,54,60,62)/t32-,38?/m1/s1. The lowest BCUT2D eigenvalue weighted by Gasteiger charge is -2.36. The minimum Gasteiger partial charge on any atom is -0.374 e. The molecule has 332 valence electrons. The third-order valence-corrected chi connectivity index (χ3v) is 12.4. The second-order valence-electron chi connectivity index (χ2n) is 16.7. The Bertz CT molecular complexity index is 2430. The van der Waals surface area contributed by atoms with Gasteiger partial charge in [-0.05, 0) is 90.4 Å². The van der Waals surface area contributed by atoms with Gasteiger partial charge in [0.25, 0.3) is 5.91 Å². The van der Waals surface area contributed by atoms with Crippen LogP contribution in [0.15, 0.2) is 79.1 Å². The molecule has 3 aliphatic heterocycles. The Morgan fingerprint density at radius 2 is 1.71 bits per heavy atom. The number of aryl methyl sites for hydroxylation is 1. The number of carbonyl (C=O) groups is 4. The highest BCUT2D eigenvalue weighted by molar-refractivity contribution is 6.04. The Hall–Kier alpha value is -6.23. The van der Waals surface area contributed by atoms with E-state index in [2.05, 4.69) is 42.6 Å². The normalized spacial score (nSPS) is 18.7. The number of nitrogens with zero attached hydrogens (tertiary/aromatic N) is 6. The van der Waals surface area contributed by atoms with Crippen LogP contribution in [0.4, 0.5) is 28.9 Å². The molecule has 63 heavy (non-hydrogen) atoms. The van der Waals surface area contributed by atoms with Crippen LogP contribution in [0.5, 0.6) is 0 Å². The number of hydrogen-bond acceptors (Lipinski definition) is 8. The highest BCUT2D eigenvalue weighted by Crippen LogP contribution is 2.39. The maximum Gasteiger partial charge on any atom is 0.406 e. The van der Waals surface area contributed by atoms with Crippen LogP contribution in [0.2, 0.25) is 0 Å². The number of fused-ring (bicyclic) bond motifs is 1. The van der Waals surface area contributed by atoms with Gasteiger partial charge in [-0.2, -0.15) is 18.3 Å². The van der Waals surface area contributed by atoms with Crippen LogP contribution in [0.1, 0.15) is 59.6 Å². The summed E-state index contributed by atoms with van der Waals surface area (Å²) < 4.78 is 58.1. The topological polar surface area (TPSA) is 139 Å². The number of amides is 4. The third kappa shape index (κ3) is 10.4. The quantitative estimate of drug-likeness (QED) is 0.0943. The molecular weight excluding hydrogens is 819 g/mol. The molecule has 0 bridgehead atoms. The predicted octanol–water partition coefficient (Wildman–Crippen LogP) is 6.18. The van der Waals surface area contributed by atoms with Crippen LogP contribution < -0.4 is 15.5 Å². The van der Waals surface area contributed by atoms with E-state index in [0.29, 0.717) is 66.7 Å². The molecule has 0 spiro atoms. The molecule has 0 aliphatic carbocycles. The van der Waals surface area contributed by atoms with Crippen molar-refractivity contribution in [3.05, 3.63) is 102 Å². The Labute approximate surface area is 362 Å². The van der Waals surface area contributed by atoms with E-state index in [1.807, 2.05) is 36.4 Å². The van der Waals surface area contributed by atoms with Gasteiger partial charge in [0, 0.05) is 107 Å². The first-order valence-corrected chi connectivity index (χ1v) is 21.5. The molecular formula is C46H51F4N9O4. The monoisotopic (exact) mass is 869 g/mol. The molecule has 4 amide bonds. The molecule has 2 aromatic heterocycles. The van der Waals surface area contributed by atoms with E-state index in [1.54, 1.807) is 34.1 Å². The van der Waals surface area contributed by atoms with Crippen LogP contribution in [0, 0.1) is 5.82 Å². The molecule has 8 rings (SSSR count). The number of anilines is 2. The van der Waals surface area contributed by atoms with Gasteiger partial charge in [-0.1, -0.05) is 24.3 Å². The Balaban J connectivity index is 0.948. The van der Waals surface area contributed by atoms with Gasteiger partial charge in [0.15, 0.2) is 5.82 Å². The van der Waals surface area contributed by atoms with Crippen LogP contribution in [0.3, 0.4) is 0 Å². The van der Waals surface area contributed by atoms with Crippen LogP contribution >= 0.6 is 0 Å². The van der Waals surface area contributed by atoms with E-state index in [-0.39, 0.29) is 41.3 Å². The number of imide groups is 1. The van der Waals surface area contributed by atoms with Crippen molar-refractivity contribution in [1.82, 2.24) is 34.8 Å². The van der Waals surface area contributed by atoms with Crippen molar-refractivity contribution < 1.29 is 36.7 Å². The van der Waals surface area contributed by atoms with Gasteiger partial charge in [0.1, 0.15) is 18.3 Å². The van der Waals surface area contributed by atoms with Gasteiger partial charge in [0.2, 0.25) is 17.7 Å². The van der Waals surface area contributed by atoms with E-state index in [1.165, 1.54) is 11.6 Å². The smallest absolute Gasteiger partial charge is 0.374 e. The predicted molar refractivity (Wildman–Crippen MR) is 231 cm³/mol. The van der Waals surface area contributed by atoms with Crippen molar-refractivity contribution in [2.24, 2.45) is 0 Å². The van der Waals surface area contributed by atoms with Gasteiger partial charge in [-0.25, -0.2) is 4.39 Å². The molecule has 13 nitrogen and oxygen atoms in total. The summed E-state index contributed by atoms with van der Waals surface area (Å²) in [4.78, 5) is 60.0. The molecule has 0 saturated carbocycles. The number of rotatable bonds is 13. The number of piperazine rings is 1. The number of piperidine rings is 2. The molecule has 3 saturated heterocycles. The van der Waals surface area contributed by atoms with Gasteiger partial charge in [-0.15, -0.1) is 0 Å². The molecule has 5 heterocycles. The number of carbonyl (C=O) groups excluding carboxylic acids is 4. The van der Waals surface area contributed by atoms with Gasteiger partial charge < -0.3 is 25.0 Å². The maximum absolute atomic E-state index is 16.7. The first-order chi connectivity index (χ1) is 30.3. The number of benzene rings is 3. The van der Waals surface area contributed by atoms with Crippen LogP contribution in [-0.2, 0) is 27.3 Å². The minimum absolute atomic E-state index is 0.0356. The van der Waals surface area contributed by atoms with E-state index >= 15 is 4.39 Å². The lowest BCUT2D eigenvalue weighted by molar-refractivity contribution is -0.138. The number of alkyl halides is 3. The first kappa shape index (κ1) is 43.4. The van der Waals surface area contributed by atoms with E-state index < -0.39 is 30.5 Å². The molecule has 3 N–H and O–H groups in total. The van der Waals surface area contributed by atoms with Crippen molar-refractivity contribution in [2.45, 2.75) is 63.2 Å². The summed E-state index contributed by atoms with van der Waals surface area (Å²) in [6.45, 7) is 4.08. The number of H-pyrrole nitrogens is 1. The highest BCUT2D eigenvalue weighted by Gasteiger charge is 2.33. The summed E-state index contributed by atoms with van der Waals surface area (Å²) in [6.07, 6.45) is 2.05. The lowest BCUT2D eigenvalue weighted by Crippen LogP contribution is -2.47. The van der Waals surface area contributed by atoms with Gasteiger partial charge in [0.05, 0.1) is 5.52 Å². The summed E-state index contributed by atoms with van der Waals surface area (Å²) in [7, 11) is 1.06. The fraction of sp³-hybridized carbons (Fsp3) is 0.413. The molecule has 3 aromatic carbocycles. The molecule has 1 unspecified atom stereocenters. The van der Waals surface area contributed by atoms with Crippen LogP contribution in [0.25, 0.3) is 22.0 Å². The summed E-state index contributed by atoms with van der Waals surface area (Å²) >= 11 is 0. The third-order valence-electron chi connectivity index (χ3n) is 12.4. The first-order valence-electron chi connectivity index (χ1n) is 21.5. The molecule has 2 atom stereocenters. The molecule has 3 aliphatic rings. The Morgan fingerprint density at radius 1 is 0.952 bits per heavy atom. The van der Waals surface area contributed by atoms with Crippen molar-refractivity contribution in [1.29, 1.82) is 0 Å². The minimum atomic E-state index is -4.61. The number of likely N-dealkylation sites (tertiary alicyclic amines) is 1. The second kappa shape index (κ2) is 18.6. The number of halogens is 4. The highest BCUT2D eigenvalue weighted by atomic mass is 19.4. The zero-order chi connectivity index (χ0) is 44.3. The Kier molecular flexibility index (Phi) is 12.8. The largest absolute Gasteiger partial charge is 0.406 e. The number of aromatic nitrogens is 3.